The highest BCUT2D eigenvalue weighted by Crippen LogP contribution is 2.24. The van der Waals surface area contributed by atoms with E-state index >= 15 is 0 Å². The van der Waals surface area contributed by atoms with Crippen molar-refractivity contribution >= 4 is 0 Å². The minimum absolute atomic E-state index is 0.360. The molecule has 0 aromatic heterocycles. The number of aryl methyl sites for hydroxylation is 1. The zero-order chi connectivity index (χ0) is 13.0. The van der Waals surface area contributed by atoms with Crippen LogP contribution in [0.15, 0.2) is 24.3 Å². The first-order chi connectivity index (χ1) is 8.63. The molecule has 1 fully saturated rings. The molecule has 0 amide bonds. The van der Waals surface area contributed by atoms with E-state index in [4.69, 9.17) is 0 Å². The van der Waals surface area contributed by atoms with Crippen molar-refractivity contribution in [3.05, 3.63) is 35.4 Å². The summed E-state index contributed by atoms with van der Waals surface area (Å²) in [6, 6.07) is 8.83. The van der Waals surface area contributed by atoms with E-state index in [9.17, 15) is 0 Å². The van der Waals surface area contributed by atoms with E-state index in [0.29, 0.717) is 5.54 Å². The van der Waals surface area contributed by atoms with Gasteiger partial charge in [0, 0.05) is 18.6 Å². The lowest BCUT2D eigenvalue weighted by Crippen LogP contribution is -2.48. The summed E-state index contributed by atoms with van der Waals surface area (Å²) in [5.74, 6) is 0. The fourth-order valence-corrected chi connectivity index (χ4v) is 3.11. The third-order valence-electron chi connectivity index (χ3n) is 4.12. The maximum absolute atomic E-state index is 3.71. The second kappa shape index (κ2) is 5.85. The zero-order valence-electron chi connectivity index (χ0n) is 12.0. The first-order valence-electron chi connectivity index (χ1n) is 7.13. The average molecular weight is 246 g/mol. The third kappa shape index (κ3) is 3.33. The molecule has 1 aromatic carbocycles. The molecule has 100 valence electrons. The molecule has 1 N–H and O–H groups in total. The number of nitrogens with zero attached hydrogens (tertiary/aromatic N) is 1. The van der Waals surface area contributed by atoms with Crippen LogP contribution in [0.5, 0.6) is 0 Å². The molecule has 0 radical (unpaired) electrons. The number of nitrogens with one attached hydrogen (secondary N) is 1. The minimum Gasteiger partial charge on any atom is -0.310 e. The Balaban J connectivity index is 1.93. The van der Waals surface area contributed by atoms with Crippen LogP contribution < -0.4 is 5.32 Å². The van der Waals surface area contributed by atoms with Crippen LogP contribution >= 0.6 is 0 Å². The molecule has 2 rings (SSSR count). The molecular weight excluding hydrogens is 220 g/mol. The van der Waals surface area contributed by atoms with Crippen LogP contribution in [-0.4, -0.2) is 30.6 Å². The SMILES string of the molecule is CCC1(CN(C)Cc2cccc(C)c2)CCCN1. The normalized spacial score (nSPS) is 23.8. The van der Waals surface area contributed by atoms with Crippen molar-refractivity contribution in [2.24, 2.45) is 0 Å². The second-order valence-electron chi connectivity index (χ2n) is 5.83. The number of hydrogen-bond donors (Lipinski definition) is 1. The van der Waals surface area contributed by atoms with Gasteiger partial charge >= 0.3 is 0 Å². The number of rotatable bonds is 5. The molecule has 1 saturated heterocycles. The van der Waals surface area contributed by atoms with Gasteiger partial charge in [0.05, 0.1) is 0 Å². The summed E-state index contributed by atoms with van der Waals surface area (Å²) in [7, 11) is 2.24. The lowest BCUT2D eigenvalue weighted by molar-refractivity contribution is 0.214. The molecule has 1 unspecified atom stereocenters. The van der Waals surface area contributed by atoms with Crippen molar-refractivity contribution in [3.8, 4) is 0 Å². The summed E-state index contributed by atoms with van der Waals surface area (Å²) in [6.07, 6.45) is 3.87. The summed E-state index contributed by atoms with van der Waals surface area (Å²) >= 11 is 0. The summed E-state index contributed by atoms with van der Waals surface area (Å²) in [4.78, 5) is 2.45. The summed E-state index contributed by atoms with van der Waals surface area (Å²) in [5, 5.41) is 3.71. The van der Waals surface area contributed by atoms with Gasteiger partial charge in [-0.3, -0.25) is 0 Å². The number of hydrogen-bond acceptors (Lipinski definition) is 2. The highest BCUT2D eigenvalue weighted by Gasteiger charge is 2.32. The summed E-state index contributed by atoms with van der Waals surface area (Å²) < 4.78 is 0. The highest BCUT2D eigenvalue weighted by atomic mass is 15.2. The molecule has 0 spiro atoms. The second-order valence-corrected chi connectivity index (χ2v) is 5.83. The van der Waals surface area contributed by atoms with E-state index in [1.807, 2.05) is 0 Å². The number of likely N-dealkylation sites (N-methyl/N-ethyl adjacent to an activating group) is 1. The third-order valence-corrected chi connectivity index (χ3v) is 4.12. The Morgan fingerprint density at radius 3 is 2.83 bits per heavy atom. The zero-order valence-corrected chi connectivity index (χ0v) is 12.0. The van der Waals surface area contributed by atoms with Gasteiger partial charge in [-0.2, -0.15) is 0 Å². The first-order valence-corrected chi connectivity index (χ1v) is 7.13. The quantitative estimate of drug-likeness (QED) is 0.859. The van der Waals surface area contributed by atoms with Gasteiger partial charge < -0.3 is 10.2 Å². The molecule has 1 aromatic rings. The van der Waals surface area contributed by atoms with Crippen LogP contribution in [0.3, 0.4) is 0 Å². The average Bonchev–Trinajstić information content (AvgIpc) is 2.78. The molecular formula is C16H26N2. The van der Waals surface area contributed by atoms with Crippen LogP contribution in [-0.2, 0) is 6.54 Å². The lowest BCUT2D eigenvalue weighted by atomic mass is 9.93. The Morgan fingerprint density at radius 1 is 1.39 bits per heavy atom. The molecule has 2 heteroatoms. The molecule has 18 heavy (non-hydrogen) atoms. The molecule has 0 bridgehead atoms. The van der Waals surface area contributed by atoms with Crippen LogP contribution in [0.2, 0.25) is 0 Å². The van der Waals surface area contributed by atoms with Gasteiger partial charge in [0.1, 0.15) is 0 Å². The van der Waals surface area contributed by atoms with Gasteiger partial charge in [-0.15, -0.1) is 0 Å². The predicted octanol–water partition coefficient (Wildman–Crippen LogP) is 2.96. The molecule has 1 atom stereocenters. The van der Waals surface area contributed by atoms with E-state index in [-0.39, 0.29) is 0 Å². The fraction of sp³-hybridized carbons (Fsp3) is 0.625. The number of benzene rings is 1. The van der Waals surface area contributed by atoms with Crippen molar-refractivity contribution in [1.82, 2.24) is 10.2 Å². The van der Waals surface area contributed by atoms with Crippen molar-refractivity contribution in [1.29, 1.82) is 0 Å². The van der Waals surface area contributed by atoms with Gasteiger partial charge in [-0.25, -0.2) is 0 Å². The van der Waals surface area contributed by atoms with E-state index < -0.39 is 0 Å². The van der Waals surface area contributed by atoms with Gasteiger partial charge in [0.15, 0.2) is 0 Å². The molecule has 0 saturated carbocycles. The van der Waals surface area contributed by atoms with Gasteiger partial charge in [0.25, 0.3) is 0 Å². The van der Waals surface area contributed by atoms with Crippen molar-refractivity contribution in [3.63, 3.8) is 0 Å². The summed E-state index contributed by atoms with van der Waals surface area (Å²) in [5.41, 5.74) is 3.13. The standard InChI is InChI=1S/C16H26N2/c1-4-16(9-6-10-17-16)13-18(3)12-15-8-5-7-14(2)11-15/h5,7-8,11,17H,4,6,9-10,12-13H2,1-3H3. The van der Waals surface area contributed by atoms with E-state index in [1.54, 1.807) is 0 Å². The van der Waals surface area contributed by atoms with Crippen molar-refractivity contribution in [2.45, 2.75) is 45.2 Å². The van der Waals surface area contributed by atoms with Crippen molar-refractivity contribution < 1.29 is 0 Å². The maximum Gasteiger partial charge on any atom is 0.0306 e. The predicted molar refractivity (Wildman–Crippen MR) is 77.8 cm³/mol. The molecule has 1 aliphatic rings. The van der Waals surface area contributed by atoms with Crippen LogP contribution in [0.4, 0.5) is 0 Å². The van der Waals surface area contributed by atoms with Crippen molar-refractivity contribution in [2.75, 3.05) is 20.1 Å². The Kier molecular flexibility index (Phi) is 4.41. The van der Waals surface area contributed by atoms with E-state index in [1.165, 1.54) is 36.9 Å². The molecule has 2 nitrogen and oxygen atoms in total. The van der Waals surface area contributed by atoms with E-state index in [2.05, 4.69) is 55.4 Å². The maximum atomic E-state index is 3.71. The van der Waals surface area contributed by atoms with Crippen LogP contribution in [0.25, 0.3) is 0 Å². The lowest BCUT2D eigenvalue weighted by Gasteiger charge is -2.33. The van der Waals surface area contributed by atoms with Gasteiger partial charge in [-0.05, 0) is 45.3 Å². The Bertz CT molecular complexity index is 380. The van der Waals surface area contributed by atoms with E-state index in [0.717, 1.165) is 13.1 Å². The van der Waals surface area contributed by atoms with Crippen LogP contribution in [0.1, 0.15) is 37.3 Å². The van der Waals surface area contributed by atoms with Gasteiger partial charge in [-0.1, -0.05) is 36.8 Å². The Labute approximate surface area is 111 Å². The van der Waals surface area contributed by atoms with Gasteiger partial charge in [0.2, 0.25) is 0 Å². The highest BCUT2D eigenvalue weighted by molar-refractivity contribution is 5.22. The van der Waals surface area contributed by atoms with Crippen LogP contribution in [0, 0.1) is 6.92 Å². The minimum atomic E-state index is 0.360. The molecule has 1 heterocycles. The summed E-state index contributed by atoms with van der Waals surface area (Å²) in [6.45, 7) is 7.85. The topological polar surface area (TPSA) is 15.3 Å². The Morgan fingerprint density at radius 2 is 2.22 bits per heavy atom. The first kappa shape index (κ1) is 13.6. The Hall–Kier alpha value is -0.860. The smallest absolute Gasteiger partial charge is 0.0306 e. The monoisotopic (exact) mass is 246 g/mol. The molecule has 1 aliphatic heterocycles. The fourth-order valence-electron chi connectivity index (χ4n) is 3.11. The largest absolute Gasteiger partial charge is 0.310 e. The molecule has 0 aliphatic carbocycles.